The van der Waals surface area contributed by atoms with Crippen LogP contribution in [0.4, 0.5) is 5.69 Å². The third-order valence-corrected chi connectivity index (χ3v) is 4.06. The van der Waals surface area contributed by atoms with E-state index < -0.39 is 10.0 Å². The molecule has 0 saturated carbocycles. The van der Waals surface area contributed by atoms with E-state index in [1.54, 1.807) is 30.6 Å². The quantitative estimate of drug-likeness (QED) is 0.781. The molecule has 2 rings (SSSR count). The van der Waals surface area contributed by atoms with Crippen molar-refractivity contribution in [2.24, 2.45) is 11.1 Å². The summed E-state index contributed by atoms with van der Waals surface area (Å²) in [5, 5.41) is 7.86. The highest BCUT2D eigenvalue weighted by atomic mass is 32.2. The number of nitrogens with one attached hydrogen (secondary N) is 1. The van der Waals surface area contributed by atoms with Gasteiger partial charge in [0.25, 0.3) is 0 Å². The molecule has 0 radical (unpaired) electrons. The van der Waals surface area contributed by atoms with Crippen molar-refractivity contribution < 1.29 is 17.9 Å². The van der Waals surface area contributed by atoms with Crippen LogP contribution in [0, 0.1) is 5.92 Å². The minimum atomic E-state index is -3.92. The number of sulfonamides is 1. The number of carbonyl (C=O) groups excluding carboxylic acids is 1. The number of anilines is 1. The van der Waals surface area contributed by atoms with E-state index in [1.165, 1.54) is 12.1 Å². The lowest BCUT2D eigenvalue weighted by atomic mass is 10.2. The molecule has 0 aliphatic carbocycles. The number of benzene rings is 1. The summed E-state index contributed by atoms with van der Waals surface area (Å²) in [5.74, 6) is 0.299. The summed E-state index contributed by atoms with van der Waals surface area (Å²) in [7, 11) is -3.92. The van der Waals surface area contributed by atoms with Gasteiger partial charge in [0, 0.05) is 30.2 Å². The molecule has 1 aromatic carbocycles. The SMILES string of the molecule is CC(C)COc1cc(NC(=O)Cc2cccnc2)cc(S(N)(=O)=O)c1. The Bertz CT molecular complexity index is 836. The highest BCUT2D eigenvalue weighted by Gasteiger charge is 2.14. The van der Waals surface area contributed by atoms with E-state index in [4.69, 9.17) is 9.88 Å². The number of hydrogen-bond donors (Lipinski definition) is 2. The van der Waals surface area contributed by atoms with Crippen LogP contribution in [0.3, 0.4) is 0 Å². The molecule has 3 N–H and O–H groups in total. The van der Waals surface area contributed by atoms with Crippen LogP contribution in [0.1, 0.15) is 19.4 Å². The fourth-order valence-corrected chi connectivity index (χ4v) is 2.62. The molecular formula is C17H21N3O4S. The maximum absolute atomic E-state index is 12.2. The largest absolute Gasteiger partial charge is 0.493 e. The van der Waals surface area contributed by atoms with Gasteiger partial charge in [0.1, 0.15) is 5.75 Å². The zero-order chi connectivity index (χ0) is 18.4. The molecule has 1 aromatic heterocycles. The predicted molar refractivity (Wildman–Crippen MR) is 94.7 cm³/mol. The molecule has 1 amide bonds. The fourth-order valence-electron chi connectivity index (χ4n) is 2.05. The van der Waals surface area contributed by atoms with E-state index in [1.807, 2.05) is 13.8 Å². The highest BCUT2D eigenvalue weighted by Crippen LogP contribution is 2.24. The lowest BCUT2D eigenvalue weighted by Gasteiger charge is -2.13. The smallest absolute Gasteiger partial charge is 0.238 e. The number of ether oxygens (including phenoxy) is 1. The van der Waals surface area contributed by atoms with Crippen molar-refractivity contribution in [3.05, 3.63) is 48.3 Å². The van der Waals surface area contributed by atoms with Gasteiger partial charge in [0.05, 0.1) is 17.9 Å². The molecule has 0 atom stereocenters. The molecule has 0 fully saturated rings. The molecule has 0 aliphatic heterocycles. The van der Waals surface area contributed by atoms with Gasteiger partial charge in [-0.1, -0.05) is 19.9 Å². The number of pyridine rings is 1. The minimum Gasteiger partial charge on any atom is -0.493 e. The van der Waals surface area contributed by atoms with E-state index in [-0.39, 0.29) is 23.1 Å². The summed E-state index contributed by atoms with van der Waals surface area (Å²) >= 11 is 0. The zero-order valence-corrected chi connectivity index (χ0v) is 14.9. The third-order valence-electron chi connectivity index (χ3n) is 3.16. The van der Waals surface area contributed by atoms with Crippen LogP contribution in [0.5, 0.6) is 5.75 Å². The lowest BCUT2D eigenvalue weighted by Crippen LogP contribution is -2.17. The average molecular weight is 363 g/mol. The third kappa shape index (κ3) is 6.17. The van der Waals surface area contributed by atoms with Crippen LogP contribution in [-0.2, 0) is 21.2 Å². The first-order valence-electron chi connectivity index (χ1n) is 7.73. The van der Waals surface area contributed by atoms with Crippen LogP contribution in [0.15, 0.2) is 47.6 Å². The Morgan fingerprint density at radius 2 is 2.08 bits per heavy atom. The van der Waals surface area contributed by atoms with Gasteiger partial charge in [-0.2, -0.15) is 0 Å². The van der Waals surface area contributed by atoms with Gasteiger partial charge in [-0.3, -0.25) is 9.78 Å². The first kappa shape index (κ1) is 18.9. The van der Waals surface area contributed by atoms with Gasteiger partial charge in [-0.05, 0) is 23.6 Å². The van der Waals surface area contributed by atoms with Crippen molar-refractivity contribution >= 4 is 21.6 Å². The Hall–Kier alpha value is -2.45. The molecular weight excluding hydrogens is 342 g/mol. The Balaban J connectivity index is 2.20. The number of aromatic nitrogens is 1. The highest BCUT2D eigenvalue weighted by molar-refractivity contribution is 7.89. The number of amides is 1. The second kappa shape index (κ2) is 8.09. The second-order valence-corrected chi connectivity index (χ2v) is 7.59. The van der Waals surface area contributed by atoms with Crippen molar-refractivity contribution in [1.29, 1.82) is 0 Å². The molecule has 0 saturated heterocycles. The van der Waals surface area contributed by atoms with Gasteiger partial charge in [0.15, 0.2) is 0 Å². The second-order valence-electron chi connectivity index (χ2n) is 6.03. The summed E-state index contributed by atoms with van der Waals surface area (Å²) in [6.07, 6.45) is 3.34. The molecule has 0 aliphatic rings. The maximum atomic E-state index is 12.2. The van der Waals surface area contributed by atoms with E-state index in [9.17, 15) is 13.2 Å². The molecule has 1 heterocycles. The molecule has 2 aromatic rings. The van der Waals surface area contributed by atoms with Crippen molar-refractivity contribution in [3.8, 4) is 5.75 Å². The number of nitrogens with two attached hydrogens (primary N) is 1. The number of hydrogen-bond acceptors (Lipinski definition) is 5. The molecule has 25 heavy (non-hydrogen) atoms. The standard InChI is InChI=1S/C17H21N3O4S/c1-12(2)11-24-15-7-14(8-16(9-15)25(18,22)23)20-17(21)6-13-4-3-5-19-10-13/h3-5,7-10,12H,6,11H2,1-2H3,(H,20,21)(H2,18,22,23). The average Bonchev–Trinajstić information content (AvgIpc) is 2.52. The summed E-state index contributed by atoms with van der Waals surface area (Å²) in [6, 6.07) is 7.73. The molecule has 8 heteroatoms. The van der Waals surface area contributed by atoms with Crippen LogP contribution in [0.25, 0.3) is 0 Å². The van der Waals surface area contributed by atoms with E-state index in [0.717, 1.165) is 5.56 Å². The van der Waals surface area contributed by atoms with Crippen molar-refractivity contribution in [3.63, 3.8) is 0 Å². The zero-order valence-electron chi connectivity index (χ0n) is 14.1. The predicted octanol–water partition coefficient (Wildman–Crippen LogP) is 1.95. The summed E-state index contributed by atoms with van der Waals surface area (Å²) in [4.78, 5) is 16.0. The Morgan fingerprint density at radius 1 is 1.32 bits per heavy atom. The fraction of sp³-hybridized carbons (Fsp3) is 0.294. The Kier molecular flexibility index (Phi) is 6.11. The van der Waals surface area contributed by atoms with Gasteiger partial charge < -0.3 is 10.1 Å². The molecule has 7 nitrogen and oxygen atoms in total. The minimum absolute atomic E-state index is 0.120. The normalized spacial score (nSPS) is 11.4. The summed E-state index contributed by atoms with van der Waals surface area (Å²) in [5.41, 5.74) is 1.05. The van der Waals surface area contributed by atoms with Crippen molar-refractivity contribution in [2.45, 2.75) is 25.2 Å². The van der Waals surface area contributed by atoms with E-state index in [0.29, 0.717) is 18.0 Å². The Morgan fingerprint density at radius 3 is 2.68 bits per heavy atom. The maximum Gasteiger partial charge on any atom is 0.238 e. The first-order valence-corrected chi connectivity index (χ1v) is 9.28. The molecule has 134 valence electrons. The molecule has 0 bridgehead atoms. The van der Waals surface area contributed by atoms with Crippen LogP contribution in [-0.4, -0.2) is 25.9 Å². The van der Waals surface area contributed by atoms with Crippen molar-refractivity contribution in [1.82, 2.24) is 4.98 Å². The number of nitrogens with zero attached hydrogens (tertiary/aromatic N) is 1. The van der Waals surface area contributed by atoms with Gasteiger partial charge >= 0.3 is 0 Å². The van der Waals surface area contributed by atoms with Crippen LogP contribution < -0.4 is 15.2 Å². The van der Waals surface area contributed by atoms with E-state index >= 15 is 0 Å². The lowest BCUT2D eigenvalue weighted by molar-refractivity contribution is -0.115. The van der Waals surface area contributed by atoms with Crippen LogP contribution >= 0.6 is 0 Å². The number of primary sulfonamides is 1. The topological polar surface area (TPSA) is 111 Å². The Labute approximate surface area is 147 Å². The molecule has 0 unspecified atom stereocenters. The molecule has 0 spiro atoms. The number of rotatable bonds is 7. The van der Waals surface area contributed by atoms with Gasteiger partial charge in [-0.25, -0.2) is 13.6 Å². The van der Waals surface area contributed by atoms with Crippen molar-refractivity contribution in [2.75, 3.05) is 11.9 Å². The van der Waals surface area contributed by atoms with Crippen LogP contribution in [0.2, 0.25) is 0 Å². The monoisotopic (exact) mass is 363 g/mol. The number of carbonyl (C=O) groups is 1. The van der Waals surface area contributed by atoms with Gasteiger partial charge in [0.2, 0.25) is 15.9 Å². The van der Waals surface area contributed by atoms with Gasteiger partial charge in [-0.15, -0.1) is 0 Å². The summed E-state index contributed by atoms with van der Waals surface area (Å²) < 4.78 is 28.9. The first-order chi connectivity index (χ1) is 11.7. The van der Waals surface area contributed by atoms with E-state index in [2.05, 4.69) is 10.3 Å². The summed E-state index contributed by atoms with van der Waals surface area (Å²) in [6.45, 7) is 4.36.